The van der Waals surface area contributed by atoms with Crippen molar-refractivity contribution in [2.75, 3.05) is 13.6 Å². The second-order valence-electron chi connectivity index (χ2n) is 5.43. The number of aliphatic hydroxyl groups is 1. The Kier molecular flexibility index (Phi) is 5.21. The number of rotatable bonds is 4. The lowest BCUT2D eigenvalue weighted by atomic mass is 9.90. The normalized spacial score (nSPS) is 19.4. The molecule has 0 spiro atoms. The highest BCUT2D eigenvalue weighted by atomic mass is 16.3. The number of benzene rings is 1. The van der Waals surface area contributed by atoms with E-state index < -0.39 is 0 Å². The van der Waals surface area contributed by atoms with Gasteiger partial charge in [0.2, 0.25) is 0 Å². The molecule has 100 valence electrons. The summed E-state index contributed by atoms with van der Waals surface area (Å²) in [6.45, 7) is 0.619. The summed E-state index contributed by atoms with van der Waals surface area (Å²) in [7, 11) is 1.87. The molecule has 2 heteroatoms. The second-order valence-corrected chi connectivity index (χ2v) is 5.43. The highest BCUT2D eigenvalue weighted by Crippen LogP contribution is 2.32. The van der Waals surface area contributed by atoms with Gasteiger partial charge in [-0.3, -0.25) is 0 Å². The molecule has 18 heavy (non-hydrogen) atoms. The van der Waals surface area contributed by atoms with Crippen LogP contribution in [0.1, 0.15) is 61.7 Å². The predicted octanol–water partition coefficient (Wildman–Crippen LogP) is 3.38. The van der Waals surface area contributed by atoms with Crippen LogP contribution in [0.2, 0.25) is 0 Å². The third-order valence-corrected chi connectivity index (χ3v) is 4.02. The minimum atomic E-state index is -0.388. The van der Waals surface area contributed by atoms with E-state index in [0.717, 1.165) is 5.56 Å². The summed E-state index contributed by atoms with van der Waals surface area (Å²) in [6.07, 6.45) is 7.72. The maximum Gasteiger partial charge on any atom is 0.0914 e. The van der Waals surface area contributed by atoms with Gasteiger partial charge in [-0.05, 0) is 36.9 Å². The molecule has 0 aliphatic heterocycles. The first-order chi connectivity index (χ1) is 8.81. The molecule has 2 nitrogen and oxygen atoms in total. The van der Waals surface area contributed by atoms with Gasteiger partial charge in [-0.1, -0.05) is 49.9 Å². The quantitative estimate of drug-likeness (QED) is 0.799. The number of aliphatic hydroxyl groups excluding tert-OH is 1. The lowest BCUT2D eigenvalue weighted by molar-refractivity contribution is 0.177. The Bertz CT molecular complexity index is 356. The number of hydrogen-bond acceptors (Lipinski definition) is 2. The molecule has 0 aromatic heterocycles. The van der Waals surface area contributed by atoms with E-state index >= 15 is 0 Å². The monoisotopic (exact) mass is 247 g/mol. The largest absolute Gasteiger partial charge is 0.387 e. The molecule has 0 heterocycles. The van der Waals surface area contributed by atoms with Gasteiger partial charge < -0.3 is 10.4 Å². The Balaban J connectivity index is 2.10. The van der Waals surface area contributed by atoms with Crippen molar-refractivity contribution in [3.05, 3.63) is 35.4 Å². The summed E-state index contributed by atoms with van der Waals surface area (Å²) < 4.78 is 0. The van der Waals surface area contributed by atoms with Crippen molar-refractivity contribution in [1.82, 2.24) is 5.32 Å². The molecule has 1 atom stereocenters. The fraction of sp³-hybridized carbons (Fsp3) is 0.625. The third kappa shape index (κ3) is 3.56. The predicted molar refractivity (Wildman–Crippen MR) is 75.8 cm³/mol. The van der Waals surface area contributed by atoms with Gasteiger partial charge in [0, 0.05) is 6.54 Å². The van der Waals surface area contributed by atoms with Crippen molar-refractivity contribution in [2.45, 2.75) is 50.5 Å². The summed E-state index contributed by atoms with van der Waals surface area (Å²) in [5.41, 5.74) is 2.47. The van der Waals surface area contributed by atoms with Crippen LogP contribution in [0.5, 0.6) is 0 Å². The molecule has 1 unspecified atom stereocenters. The van der Waals surface area contributed by atoms with Crippen LogP contribution in [0.4, 0.5) is 0 Å². The van der Waals surface area contributed by atoms with E-state index in [9.17, 15) is 5.11 Å². The maximum atomic E-state index is 10.0. The van der Waals surface area contributed by atoms with Crippen LogP contribution in [0, 0.1) is 0 Å². The standard InChI is InChI=1S/C16H25NO/c1-17-12-16(18)15-10-6-9-14(11-15)13-7-4-2-3-5-8-13/h6,9-11,13,16-18H,2-5,7-8,12H2,1H3. The molecule has 0 radical (unpaired) electrons. The van der Waals surface area contributed by atoms with Gasteiger partial charge in [-0.25, -0.2) is 0 Å². The van der Waals surface area contributed by atoms with E-state index in [4.69, 9.17) is 0 Å². The van der Waals surface area contributed by atoms with Crippen molar-refractivity contribution in [1.29, 1.82) is 0 Å². The van der Waals surface area contributed by atoms with Crippen LogP contribution >= 0.6 is 0 Å². The molecule has 2 rings (SSSR count). The molecule has 1 aliphatic carbocycles. The molecular weight excluding hydrogens is 222 g/mol. The van der Waals surface area contributed by atoms with Gasteiger partial charge >= 0.3 is 0 Å². The summed E-state index contributed by atoms with van der Waals surface area (Å²) >= 11 is 0. The molecule has 2 N–H and O–H groups in total. The lowest BCUT2D eigenvalue weighted by Gasteiger charge is -2.17. The summed E-state index contributed by atoms with van der Waals surface area (Å²) in [4.78, 5) is 0. The first-order valence-electron chi connectivity index (χ1n) is 7.24. The summed E-state index contributed by atoms with van der Waals surface area (Å²) in [5.74, 6) is 0.703. The average Bonchev–Trinajstić information content (AvgIpc) is 2.68. The van der Waals surface area contributed by atoms with Crippen LogP contribution < -0.4 is 5.32 Å². The van der Waals surface area contributed by atoms with Crippen molar-refractivity contribution >= 4 is 0 Å². The van der Waals surface area contributed by atoms with Crippen molar-refractivity contribution in [2.24, 2.45) is 0 Å². The zero-order chi connectivity index (χ0) is 12.8. The highest BCUT2D eigenvalue weighted by Gasteiger charge is 2.15. The first kappa shape index (κ1) is 13.6. The SMILES string of the molecule is CNCC(O)c1cccc(C2CCCCCC2)c1. The number of nitrogens with one attached hydrogen (secondary N) is 1. The maximum absolute atomic E-state index is 10.0. The Labute approximate surface area is 110 Å². The van der Waals surface area contributed by atoms with Gasteiger partial charge in [0.15, 0.2) is 0 Å². The number of likely N-dealkylation sites (N-methyl/N-ethyl adjacent to an activating group) is 1. The number of hydrogen-bond donors (Lipinski definition) is 2. The van der Waals surface area contributed by atoms with Crippen LogP contribution in [-0.2, 0) is 0 Å². The molecule has 1 aromatic rings. The summed E-state index contributed by atoms with van der Waals surface area (Å²) in [5, 5.41) is 13.1. The van der Waals surface area contributed by atoms with E-state index in [0.29, 0.717) is 12.5 Å². The van der Waals surface area contributed by atoms with E-state index in [1.54, 1.807) is 0 Å². The van der Waals surface area contributed by atoms with E-state index in [-0.39, 0.29) is 6.10 Å². The molecule has 0 bridgehead atoms. The van der Waals surface area contributed by atoms with Crippen LogP contribution in [0.3, 0.4) is 0 Å². The van der Waals surface area contributed by atoms with Gasteiger partial charge in [-0.15, -0.1) is 0 Å². The van der Waals surface area contributed by atoms with Gasteiger partial charge in [0.1, 0.15) is 0 Å². The van der Waals surface area contributed by atoms with E-state index in [1.165, 1.54) is 44.1 Å². The summed E-state index contributed by atoms with van der Waals surface area (Å²) in [6, 6.07) is 8.56. The van der Waals surface area contributed by atoms with Crippen LogP contribution in [-0.4, -0.2) is 18.7 Å². The Morgan fingerprint density at radius 2 is 1.94 bits per heavy atom. The third-order valence-electron chi connectivity index (χ3n) is 4.02. The minimum absolute atomic E-state index is 0.388. The molecule has 0 amide bonds. The fourth-order valence-corrected chi connectivity index (χ4v) is 2.94. The topological polar surface area (TPSA) is 32.3 Å². The zero-order valence-corrected chi connectivity index (χ0v) is 11.4. The minimum Gasteiger partial charge on any atom is -0.387 e. The average molecular weight is 247 g/mol. The van der Waals surface area contributed by atoms with Crippen molar-refractivity contribution in [3.63, 3.8) is 0 Å². The molecule has 1 saturated carbocycles. The zero-order valence-electron chi connectivity index (χ0n) is 11.4. The van der Waals surface area contributed by atoms with Gasteiger partial charge in [0.05, 0.1) is 6.10 Å². The van der Waals surface area contributed by atoms with E-state index in [1.807, 2.05) is 13.1 Å². The highest BCUT2D eigenvalue weighted by molar-refractivity contribution is 5.28. The van der Waals surface area contributed by atoms with E-state index in [2.05, 4.69) is 23.5 Å². The van der Waals surface area contributed by atoms with Gasteiger partial charge in [0.25, 0.3) is 0 Å². The fourth-order valence-electron chi connectivity index (χ4n) is 2.94. The molecule has 1 fully saturated rings. The Morgan fingerprint density at radius 1 is 1.22 bits per heavy atom. The van der Waals surface area contributed by atoms with Crippen molar-refractivity contribution in [3.8, 4) is 0 Å². The van der Waals surface area contributed by atoms with Gasteiger partial charge in [-0.2, -0.15) is 0 Å². The van der Waals surface area contributed by atoms with Crippen LogP contribution in [0.25, 0.3) is 0 Å². The van der Waals surface area contributed by atoms with Crippen LogP contribution in [0.15, 0.2) is 24.3 Å². The molecule has 0 saturated heterocycles. The smallest absolute Gasteiger partial charge is 0.0914 e. The van der Waals surface area contributed by atoms with Crippen molar-refractivity contribution < 1.29 is 5.11 Å². The molecule has 1 aromatic carbocycles. The Hall–Kier alpha value is -0.860. The lowest BCUT2D eigenvalue weighted by Crippen LogP contribution is -2.16. The first-order valence-corrected chi connectivity index (χ1v) is 7.24. The second kappa shape index (κ2) is 6.91. The molecular formula is C16H25NO. The Morgan fingerprint density at radius 3 is 2.61 bits per heavy atom. The molecule has 1 aliphatic rings.